The minimum Gasteiger partial charge on any atom is -0.508 e. The van der Waals surface area contributed by atoms with Crippen molar-refractivity contribution in [1.29, 1.82) is 0 Å². The van der Waals surface area contributed by atoms with Gasteiger partial charge in [0.25, 0.3) is 0 Å². The largest absolute Gasteiger partial charge is 0.508 e. The predicted molar refractivity (Wildman–Crippen MR) is 135 cm³/mol. The number of hydrogen-bond acceptors (Lipinski definition) is 5. The van der Waals surface area contributed by atoms with E-state index in [2.05, 4.69) is 48.8 Å². The Hall–Kier alpha value is -1.89. The van der Waals surface area contributed by atoms with Crippen molar-refractivity contribution >= 4 is 0 Å². The van der Waals surface area contributed by atoms with Gasteiger partial charge in [-0.15, -0.1) is 0 Å². The summed E-state index contributed by atoms with van der Waals surface area (Å²) in [4.78, 5) is 5.10. The Bertz CT molecular complexity index is 1020. The minimum atomic E-state index is -0.838. The number of phenolic OH excluding ortho intramolecular Hbond substituents is 1. The Kier molecular flexibility index (Phi) is 6.28. The van der Waals surface area contributed by atoms with E-state index in [1.54, 1.807) is 6.07 Å². The quantitative estimate of drug-likeness (QED) is 0.677. The highest BCUT2D eigenvalue weighted by Gasteiger charge is 2.59. The van der Waals surface area contributed by atoms with Crippen molar-refractivity contribution in [3.05, 3.63) is 47.3 Å². The molecule has 2 N–H and O–H groups in total. The Labute approximate surface area is 204 Å². The maximum absolute atomic E-state index is 12.7. The van der Waals surface area contributed by atoms with Crippen LogP contribution in [0, 0.1) is 19.8 Å². The molecule has 186 valence electrons. The fraction of sp³-hybridized carbons (Fsp3) is 0.679. The number of benzene rings is 1. The number of aliphatic hydroxyl groups is 1. The van der Waals surface area contributed by atoms with E-state index in [-0.39, 0.29) is 11.5 Å². The van der Waals surface area contributed by atoms with Crippen LogP contribution in [0.25, 0.3) is 0 Å². The van der Waals surface area contributed by atoms with Gasteiger partial charge in [-0.25, -0.2) is 0 Å². The SMILES string of the molecule is Cc1cnn(C[C@H](C)N2CCC3(c4cc(O)ccc4C)CCN(CC4CC4)C(C)C3(O)CC2)c1. The average Bonchev–Trinajstić information content (AvgIpc) is 3.56. The van der Waals surface area contributed by atoms with Gasteiger partial charge < -0.3 is 10.2 Å². The first-order valence-electron chi connectivity index (χ1n) is 13.2. The molecule has 2 saturated heterocycles. The number of nitrogens with zero attached hydrogens (tertiary/aromatic N) is 4. The van der Waals surface area contributed by atoms with Gasteiger partial charge in [0.05, 0.1) is 18.3 Å². The van der Waals surface area contributed by atoms with Crippen molar-refractivity contribution in [3.63, 3.8) is 0 Å². The number of rotatable bonds is 6. The van der Waals surface area contributed by atoms with E-state index in [0.717, 1.165) is 63.5 Å². The number of piperidine rings is 1. The number of hydrogen-bond donors (Lipinski definition) is 2. The maximum Gasteiger partial charge on any atom is 0.115 e. The first-order valence-corrected chi connectivity index (χ1v) is 13.2. The molecule has 5 rings (SSSR count). The molecule has 2 aliphatic heterocycles. The number of aromatic nitrogens is 2. The molecule has 0 amide bonds. The van der Waals surface area contributed by atoms with Crippen LogP contribution in [0.3, 0.4) is 0 Å². The van der Waals surface area contributed by atoms with Crippen molar-refractivity contribution in [2.45, 2.75) is 89.4 Å². The molecule has 2 aromatic rings. The van der Waals surface area contributed by atoms with E-state index >= 15 is 0 Å². The van der Waals surface area contributed by atoms with Crippen LogP contribution in [0.5, 0.6) is 5.75 Å². The Morgan fingerprint density at radius 2 is 1.85 bits per heavy atom. The van der Waals surface area contributed by atoms with Crippen molar-refractivity contribution in [2.24, 2.45) is 5.92 Å². The second-order valence-corrected chi connectivity index (χ2v) is 11.5. The van der Waals surface area contributed by atoms with Crippen LogP contribution in [0.4, 0.5) is 0 Å². The third-order valence-electron chi connectivity index (χ3n) is 9.26. The summed E-state index contributed by atoms with van der Waals surface area (Å²) in [5.74, 6) is 1.11. The highest BCUT2D eigenvalue weighted by Crippen LogP contribution is 2.53. The lowest BCUT2D eigenvalue weighted by Crippen LogP contribution is -2.68. The zero-order chi connectivity index (χ0) is 24.1. The zero-order valence-corrected chi connectivity index (χ0v) is 21.4. The summed E-state index contributed by atoms with van der Waals surface area (Å²) in [7, 11) is 0. The molecule has 0 spiro atoms. The number of phenols is 1. The van der Waals surface area contributed by atoms with Crippen LogP contribution in [0.15, 0.2) is 30.6 Å². The van der Waals surface area contributed by atoms with Crippen LogP contribution < -0.4 is 0 Å². The van der Waals surface area contributed by atoms with Gasteiger partial charge in [-0.2, -0.15) is 5.10 Å². The van der Waals surface area contributed by atoms with Crippen molar-refractivity contribution in [2.75, 3.05) is 26.2 Å². The molecule has 3 unspecified atom stereocenters. The Balaban J connectivity index is 1.47. The third kappa shape index (κ3) is 4.18. The molecular formula is C28H42N4O2. The van der Waals surface area contributed by atoms with E-state index < -0.39 is 5.60 Å². The van der Waals surface area contributed by atoms with Crippen LogP contribution in [0.1, 0.15) is 62.6 Å². The van der Waals surface area contributed by atoms with E-state index in [4.69, 9.17) is 0 Å². The summed E-state index contributed by atoms with van der Waals surface area (Å²) in [6, 6.07) is 6.16. The standard InChI is InChI=1S/C28H42N4O2/c1-20-16-29-32(17-20)18-22(3)30-12-9-27(26-15-25(33)8-5-21(26)2)10-13-31(19-24-6-7-24)23(4)28(27,34)11-14-30/h5,8,15-17,22-24,33-34H,6-7,9-14,18-19H2,1-4H3/t22-,23?,27?,28?/m0/s1. The van der Waals surface area contributed by atoms with Gasteiger partial charge in [0, 0.05) is 36.8 Å². The Morgan fingerprint density at radius 1 is 1.12 bits per heavy atom. The van der Waals surface area contributed by atoms with Crippen LogP contribution >= 0.6 is 0 Å². The molecule has 6 heteroatoms. The van der Waals surface area contributed by atoms with Crippen molar-refractivity contribution < 1.29 is 10.2 Å². The summed E-state index contributed by atoms with van der Waals surface area (Å²) in [6.45, 7) is 13.5. The lowest BCUT2D eigenvalue weighted by molar-refractivity contribution is -0.136. The van der Waals surface area contributed by atoms with Crippen LogP contribution in [-0.2, 0) is 12.0 Å². The molecule has 3 heterocycles. The van der Waals surface area contributed by atoms with Gasteiger partial charge in [-0.1, -0.05) is 6.07 Å². The second-order valence-electron chi connectivity index (χ2n) is 11.5. The van der Waals surface area contributed by atoms with Gasteiger partial charge in [-0.3, -0.25) is 14.5 Å². The van der Waals surface area contributed by atoms with E-state index in [0.29, 0.717) is 11.8 Å². The molecule has 1 aromatic carbocycles. The molecule has 1 aliphatic carbocycles. The Morgan fingerprint density at radius 3 is 2.56 bits per heavy atom. The molecule has 6 nitrogen and oxygen atoms in total. The summed E-state index contributed by atoms with van der Waals surface area (Å²) in [5, 5.41) is 27.6. The molecule has 0 radical (unpaired) electrons. The molecule has 0 bridgehead atoms. The van der Waals surface area contributed by atoms with Gasteiger partial charge in [0.2, 0.25) is 0 Å². The number of fused-ring (bicyclic) bond motifs is 1. The summed E-state index contributed by atoms with van der Waals surface area (Å²) < 4.78 is 2.04. The van der Waals surface area contributed by atoms with Gasteiger partial charge in [-0.05, 0) is 108 Å². The number of aromatic hydroxyl groups is 1. The monoisotopic (exact) mass is 466 g/mol. The van der Waals surface area contributed by atoms with E-state index in [1.165, 1.54) is 24.0 Å². The van der Waals surface area contributed by atoms with Crippen molar-refractivity contribution in [3.8, 4) is 5.75 Å². The fourth-order valence-electron chi connectivity index (χ4n) is 6.90. The summed E-state index contributed by atoms with van der Waals surface area (Å²) >= 11 is 0. The number of aryl methyl sites for hydroxylation is 2. The van der Waals surface area contributed by atoms with Crippen LogP contribution in [-0.4, -0.2) is 73.7 Å². The van der Waals surface area contributed by atoms with Gasteiger partial charge in [0.15, 0.2) is 0 Å². The molecule has 3 fully saturated rings. The first kappa shape index (κ1) is 23.8. The first-order chi connectivity index (χ1) is 16.2. The molecule has 1 aromatic heterocycles. The average molecular weight is 467 g/mol. The molecule has 34 heavy (non-hydrogen) atoms. The van der Waals surface area contributed by atoms with Crippen molar-refractivity contribution in [1.82, 2.24) is 19.6 Å². The second kappa shape index (κ2) is 8.96. The number of likely N-dealkylation sites (tertiary alicyclic amines) is 2. The molecule has 3 aliphatic rings. The lowest BCUT2D eigenvalue weighted by atomic mass is 9.57. The topological polar surface area (TPSA) is 64.8 Å². The van der Waals surface area contributed by atoms with Gasteiger partial charge >= 0.3 is 0 Å². The van der Waals surface area contributed by atoms with E-state index in [9.17, 15) is 10.2 Å². The third-order valence-corrected chi connectivity index (χ3v) is 9.26. The molecule has 1 saturated carbocycles. The molecular weight excluding hydrogens is 424 g/mol. The normalized spacial score (nSPS) is 31.7. The predicted octanol–water partition coefficient (Wildman–Crippen LogP) is 3.86. The van der Waals surface area contributed by atoms with E-state index in [1.807, 2.05) is 23.0 Å². The zero-order valence-electron chi connectivity index (χ0n) is 21.4. The highest BCUT2D eigenvalue weighted by atomic mass is 16.3. The summed E-state index contributed by atoms with van der Waals surface area (Å²) in [6.07, 6.45) is 9.27. The maximum atomic E-state index is 12.7. The highest BCUT2D eigenvalue weighted by molar-refractivity contribution is 5.43. The minimum absolute atomic E-state index is 0.0904. The fourth-order valence-corrected chi connectivity index (χ4v) is 6.90. The smallest absolute Gasteiger partial charge is 0.115 e. The van der Waals surface area contributed by atoms with Gasteiger partial charge in [0.1, 0.15) is 5.75 Å². The van der Waals surface area contributed by atoms with Crippen LogP contribution in [0.2, 0.25) is 0 Å². The molecule has 4 atom stereocenters. The lowest BCUT2D eigenvalue weighted by Gasteiger charge is -2.58. The summed E-state index contributed by atoms with van der Waals surface area (Å²) in [5.41, 5.74) is 2.31.